The van der Waals surface area contributed by atoms with Gasteiger partial charge >= 0.3 is 0 Å². The highest BCUT2D eigenvalue weighted by Gasteiger charge is 2.15. The highest BCUT2D eigenvalue weighted by Crippen LogP contribution is 2.17. The zero-order valence-electron chi connectivity index (χ0n) is 16.5. The Bertz CT molecular complexity index is 789. The number of benzene rings is 2. The zero-order chi connectivity index (χ0) is 18.7. The monoisotopic (exact) mass is 350 g/mol. The molecule has 2 aromatic rings. The molecule has 1 aliphatic heterocycles. The lowest BCUT2D eigenvalue weighted by Gasteiger charge is -2.32. The quantitative estimate of drug-likeness (QED) is 0.767. The summed E-state index contributed by atoms with van der Waals surface area (Å²) in [7, 11) is 2.18. The van der Waals surface area contributed by atoms with Gasteiger partial charge in [0.15, 0.2) is 5.78 Å². The maximum absolute atomic E-state index is 12.7. The van der Waals surface area contributed by atoms with E-state index in [1.165, 1.54) is 22.3 Å². The van der Waals surface area contributed by atoms with Gasteiger partial charge in [-0.1, -0.05) is 30.3 Å². The fourth-order valence-electron chi connectivity index (χ4n) is 3.49. The minimum atomic E-state index is 0.197. The van der Waals surface area contributed by atoms with Gasteiger partial charge in [-0.15, -0.1) is 0 Å². The molecule has 0 aliphatic carbocycles. The molecule has 3 rings (SSSR count). The van der Waals surface area contributed by atoms with Crippen LogP contribution >= 0.6 is 0 Å². The number of rotatable bonds is 5. The molecule has 1 fully saturated rings. The second-order valence-corrected chi connectivity index (χ2v) is 7.74. The van der Waals surface area contributed by atoms with Crippen molar-refractivity contribution in [2.45, 2.75) is 33.7 Å². The van der Waals surface area contributed by atoms with Crippen LogP contribution in [-0.2, 0) is 13.0 Å². The maximum Gasteiger partial charge on any atom is 0.167 e. The van der Waals surface area contributed by atoms with E-state index in [1.807, 2.05) is 6.07 Å². The van der Waals surface area contributed by atoms with Crippen molar-refractivity contribution in [1.82, 2.24) is 9.80 Å². The molecule has 138 valence electrons. The third kappa shape index (κ3) is 4.60. The van der Waals surface area contributed by atoms with Crippen LogP contribution in [0.15, 0.2) is 36.4 Å². The predicted octanol–water partition coefficient (Wildman–Crippen LogP) is 3.78. The Balaban J connectivity index is 1.66. The summed E-state index contributed by atoms with van der Waals surface area (Å²) in [6, 6.07) is 12.5. The molecule has 2 aromatic carbocycles. The number of aryl methyl sites for hydroxylation is 3. The number of piperazine rings is 1. The first kappa shape index (κ1) is 18.8. The molecule has 0 amide bonds. The Hall–Kier alpha value is -1.97. The van der Waals surface area contributed by atoms with E-state index in [-0.39, 0.29) is 5.78 Å². The molecule has 0 atom stereocenters. The topological polar surface area (TPSA) is 23.6 Å². The summed E-state index contributed by atoms with van der Waals surface area (Å²) < 4.78 is 0. The fourth-order valence-corrected chi connectivity index (χ4v) is 3.49. The summed E-state index contributed by atoms with van der Waals surface area (Å²) in [6.45, 7) is 11.8. The van der Waals surface area contributed by atoms with Crippen molar-refractivity contribution < 1.29 is 4.79 Å². The van der Waals surface area contributed by atoms with E-state index in [0.29, 0.717) is 6.42 Å². The third-order valence-corrected chi connectivity index (χ3v) is 5.59. The first-order valence-electron chi connectivity index (χ1n) is 9.52. The molecule has 26 heavy (non-hydrogen) atoms. The summed E-state index contributed by atoms with van der Waals surface area (Å²) in [6.07, 6.45) is 0.471. The highest BCUT2D eigenvalue weighted by atomic mass is 16.1. The molecular weight excluding hydrogens is 320 g/mol. The molecule has 0 radical (unpaired) electrons. The molecular formula is C23H30N2O. The maximum atomic E-state index is 12.7. The van der Waals surface area contributed by atoms with Crippen LogP contribution in [-0.4, -0.2) is 48.8 Å². The van der Waals surface area contributed by atoms with Gasteiger partial charge in [0.05, 0.1) is 0 Å². The molecule has 3 heteroatoms. The van der Waals surface area contributed by atoms with Crippen molar-refractivity contribution >= 4 is 5.78 Å². The number of ketones is 1. The van der Waals surface area contributed by atoms with Crippen LogP contribution in [0.25, 0.3) is 0 Å². The summed E-state index contributed by atoms with van der Waals surface area (Å²) in [5, 5.41) is 0. The van der Waals surface area contributed by atoms with Crippen LogP contribution in [0.3, 0.4) is 0 Å². The molecule has 0 N–H and O–H groups in total. The van der Waals surface area contributed by atoms with Crippen molar-refractivity contribution in [2.24, 2.45) is 0 Å². The lowest BCUT2D eigenvalue weighted by molar-refractivity contribution is 0.0993. The number of Topliss-reactive ketones (excluding diaryl/α,β-unsaturated/α-hetero) is 1. The number of hydrogen-bond acceptors (Lipinski definition) is 3. The summed E-state index contributed by atoms with van der Waals surface area (Å²) in [5.74, 6) is 0.197. The zero-order valence-corrected chi connectivity index (χ0v) is 16.5. The van der Waals surface area contributed by atoms with E-state index in [4.69, 9.17) is 0 Å². The molecule has 0 saturated carbocycles. The molecule has 1 aliphatic rings. The molecule has 3 nitrogen and oxygen atoms in total. The third-order valence-electron chi connectivity index (χ3n) is 5.59. The highest BCUT2D eigenvalue weighted by molar-refractivity contribution is 5.97. The van der Waals surface area contributed by atoms with Gasteiger partial charge < -0.3 is 4.90 Å². The minimum Gasteiger partial charge on any atom is -0.304 e. The number of carbonyl (C=O) groups is 1. The molecule has 0 bridgehead atoms. The predicted molar refractivity (Wildman–Crippen MR) is 108 cm³/mol. The van der Waals surface area contributed by atoms with Crippen LogP contribution in [0.4, 0.5) is 0 Å². The van der Waals surface area contributed by atoms with Crippen LogP contribution in [0, 0.1) is 20.8 Å². The molecule has 1 saturated heterocycles. The average molecular weight is 351 g/mol. The van der Waals surface area contributed by atoms with Gasteiger partial charge in [-0.3, -0.25) is 9.69 Å². The largest absolute Gasteiger partial charge is 0.304 e. The Kier molecular flexibility index (Phi) is 5.90. The fraction of sp³-hybridized carbons (Fsp3) is 0.435. The van der Waals surface area contributed by atoms with Crippen LogP contribution in [0.5, 0.6) is 0 Å². The van der Waals surface area contributed by atoms with E-state index < -0.39 is 0 Å². The smallest absolute Gasteiger partial charge is 0.167 e. The van der Waals surface area contributed by atoms with E-state index in [0.717, 1.165) is 43.9 Å². The first-order chi connectivity index (χ1) is 12.4. The lowest BCUT2D eigenvalue weighted by atomic mass is 9.97. The van der Waals surface area contributed by atoms with Crippen molar-refractivity contribution in [3.8, 4) is 0 Å². The van der Waals surface area contributed by atoms with Gasteiger partial charge in [0.1, 0.15) is 0 Å². The Morgan fingerprint density at radius 1 is 0.885 bits per heavy atom. The van der Waals surface area contributed by atoms with Gasteiger partial charge in [0, 0.05) is 44.7 Å². The minimum absolute atomic E-state index is 0.197. The SMILES string of the molecule is Cc1ccc(CC(=O)c2ccc(CN3CCN(C)CC3)c(C)c2)cc1C. The van der Waals surface area contributed by atoms with Crippen LogP contribution in [0.2, 0.25) is 0 Å². The van der Waals surface area contributed by atoms with Gasteiger partial charge in [-0.05, 0) is 61.7 Å². The molecule has 1 heterocycles. The first-order valence-corrected chi connectivity index (χ1v) is 9.52. The molecule has 0 aromatic heterocycles. The number of likely N-dealkylation sites (N-methyl/N-ethyl adjacent to an activating group) is 1. The number of carbonyl (C=O) groups excluding carboxylic acids is 1. The Morgan fingerprint density at radius 3 is 2.27 bits per heavy atom. The van der Waals surface area contributed by atoms with Gasteiger partial charge in [0.25, 0.3) is 0 Å². The van der Waals surface area contributed by atoms with Crippen LogP contribution in [0.1, 0.15) is 38.2 Å². The molecule has 0 spiro atoms. The lowest BCUT2D eigenvalue weighted by Crippen LogP contribution is -2.43. The van der Waals surface area contributed by atoms with Gasteiger partial charge in [-0.2, -0.15) is 0 Å². The molecule has 0 unspecified atom stereocenters. The van der Waals surface area contributed by atoms with Crippen molar-refractivity contribution in [3.63, 3.8) is 0 Å². The van der Waals surface area contributed by atoms with E-state index in [9.17, 15) is 4.79 Å². The average Bonchev–Trinajstić information content (AvgIpc) is 2.61. The van der Waals surface area contributed by atoms with Crippen molar-refractivity contribution in [1.29, 1.82) is 0 Å². The van der Waals surface area contributed by atoms with Crippen molar-refractivity contribution in [3.05, 3.63) is 69.8 Å². The normalized spacial score (nSPS) is 16.0. The second-order valence-electron chi connectivity index (χ2n) is 7.74. The standard InChI is InChI=1S/C23H30N2O/c1-17-5-6-20(13-18(17)2)15-23(26)21-7-8-22(19(3)14-21)16-25-11-9-24(4)10-12-25/h5-8,13-14H,9-12,15-16H2,1-4H3. The Morgan fingerprint density at radius 2 is 1.62 bits per heavy atom. The summed E-state index contributed by atoms with van der Waals surface area (Å²) >= 11 is 0. The van der Waals surface area contributed by atoms with E-state index in [2.05, 4.69) is 68.0 Å². The van der Waals surface area contributed by atoms with E-state index >= 15 is 0 Å². The van der Waals surface area contributed by atoms with E-state index in [1.54, 1.807) is 0 Å². The number of hydrogen-bond donors (Lipinski definition) is 0. The second kappa shape index (κ2) is 8.15. The van der Waals surface area contributed by atoms with Gasteiger partial charge in [0.2, 0.25) is 0 Å². The summed E-state index contributed by atoms with van der Waals surface area (Å²) in [4.78, 5) is 17.6. The van der Waals surface area contributed by atoms with Crippen LogP contribution < -0.4 is 0 Å². The van der Waals surface area contributed by atoms with Crippen molar-refractivity contribution in [2.75, 3.05) is 33.2 Å². The van der Waals surface area contributed by atoms with Gasteiger partial charge in [-0.25, -0.2) is 0 Å². The Labute approximate surface area is 157 Å². The summed E-state index contributed by atoms with van der Waals surface area (Å²) in [5.41, 5.74) is 6.98. The number of nitrogens with zero attached hydrogens (tertiary/aromatic N) is 2.